The monoisotopic (exact) mass is 459 g/mol. The van der Waals surface area contributed by atoms with Crippen molar-refractivity contribution in [2.24, 2.45) is 0 Å². The fourth-order valence-corrected chi connectivity index (χ4v) is 3.45. The number of aryl methyl sites for hydroxylation is 3. The summed E-state index contributed by atoms with van der Waals surface area (Å²) in [5, 5.41) is 11.3. The Labute approximate surface area is 195 Å². The lowest BCUT2D eigenvalue weighted by Gasteiger charge is -2.06. The third kappa shape index (κ3) is 8.34. The minimum absolute atomic E-state index is 0. The molecule has 4 N–H and O–H groups in total. The van der Waals surface area contributed by atoms with Gasteiger partial charge in [-0.3, -0.25) is 9.48 Å². The molecule has 0 saturated carbocycles. The van der Waals surface area contributed by atoms with E-state index >= 15 is 0 Å². The van der Waals surface area contributed by atoms with Gasteiger partial charge in [0, 0.05) is 24.5 Å². The highest BCUT2D eigenvalue weighted by Gasteiger charge is 2.06. The molecular weight excluding hydrogens is 426 g/mol. The molecular formula is C23H34ClN7O. The van der Waals surface area contributed by atoms with Gasteiger partial charge in [0.15, 0.2) is 5.95 Å². The summed E-state index contributed by atoms with van der Waals surface area (Å²) in [5.74, 6) is 0.421. The minimum atomic E-state index is -0.0546. The fourth-order valence-electron chi connectivity index (χ4n) is 3.45. The lowest BCUT2D eigenvalue weighted by molar-refractivity contribution is 0.0952. The van der Waals surface area contributed by atoms with Gasteiger partial charge in [0.05, 0.1) is 17.9 Å². The van der Waals surface area contributed by atoms with Crippen LogP contribution in [0.5, 0.6) is 0 Å². The number of unbranched alkanes of at least 4 members (excludes halogenated alkanes) is 3. The molecule has 0 saturated heterocycles. The Bertz CT molecular complexity index is 936. The van der Waals surface area contributed by atoms with E-state index in [2.05, 4.69) is 32.5 Å². The lowest BCUT2D eigenvalue weighted by atomic mass is 10.1. The zero-order chi connectivity index (χ0) is 21.9. The van der Waals surface area contributed by atoms with Gasteiger partial charge >= 0.3 is 0 Å². The molecule has 3 aromatic rings. The van der Waals surface area contributed by atoms with Crippen molar-refractivity contribution in [2.75, 3.05) is 12.3 Å². The molecule has 0 aliphatic heterocycles. The Hall–Kier alpha value is -2.87. The summed E-state index contributed by atoms with van der Waals surface area (Å²) < 4.78 is 1.79. The van der Waals surface area contributed by atoms with Crippen molar-refractivity contribution >= 4 is 24.3 Å². The second kappa shape index (κ2) is 13.5. The Morgan fingerprint density at radius 1 is 1.06 bits per heavy atom. The molecule has 0 unspecified atom stereocenters. The number of aromatic amines is 1. The molecule has 0 aliphatic carbocycles. The number of aromatic nitrogens is 5. The van der Waals surface area contributed by atoms with Gasteiger partial charge in [-0.15, -0.1) is 17.5 Å². The van der Waals surface area contributed by atoms with Gasteiger partial charge in [0.25, 0.3) is 5.91 Å². The molecule has 1 aromatic carbocycles. The summed E-state index contributed by atoms with van der Waals surface area (Å²) in [4.78, 5) is 19.4. The van der Waals surface area contributed by atoms with Crippen LogP contribution in [0.25, 0.3) is 0 Å². The van der Waals surface area contributed by atoms with Gasteiger partial charge < -0.3 is 16.0 Å². The van der Waals surface area contributed by atoms with Crippen LogP contribution in [0.3, 0.4) is 0 Å². The summed E-state index contributed by atoms with van der Waals surface area (Å²) >= 11 is 0. The molecule has 0 bridgehead atoms. The number of nitrogens with zero attached hydrogens (tertiary/aromatic N) is 4. The van der Waals surface area contributed by atoms with Crippen LogP contribution >= 0.6 is 12.4 Å². The quantitative estimate of drug-likeness (QED) is 0.337. The zero-order valence-corrected chi connectivity index (χ0v) is 19.5. The smallest absolute Gasteiger partial charge is 0.251 e. The third-order valence-corrected chi connectivity index (χ3v) is 5.26. The van der Waals surface area contributed by atoms with Gasteiger partial charge in [-0.2, -0.15) is 0 Å². The number of benzene rings is 1. The topological polar surface area (TPSA) is 115 Å². The molecule has 8 nitrogen and oxygen atoms in total. The highest BCUT2D eigenvalue weighted by atomic mass is 35.5. The normalized spacial score (nSPS) is 10.7. The molecule has 0 radical (unpaired) electrons. The molecule has 32 heavy (non-hydrogen) atoms. The number of carbonyl (C=O) groups excluding carboxylic acids is 1. The predicted octanol–water partition coefficient (Wildman–Crippen LogP) is 3.73. The predicted molar refractivity (Wildman–Crippen MR) is 129 cm³/mol. The number of amides is 1. The highest BCUT2D eigenvalue weighted by molar-refractivity contribution is 5.94. The maximum Gasteiger partial charge on any atom is 0.251 e. The molecule has 2 heterocycles. The summed E-state index contributed by atoms with van der Waals surface area (Å²) in [5.41, 5.74) is 9.55. The summed E-state index contributed by atoms with van der Waals surface area (Å²) in [6, 6.07) is 7.88. The molecule has 9 heteroatoms. The van der Waals surface area contributed by atoms with E-state index < -0.39 is 0 Å². The van der Waals surface area contributed by atoms with Crippen LogP contribution in [0.2, 0.25) is 0 Å². The number of rotatable bonds is 13. The van der Waals surface area contributed by atoms with Crippen molar-refractivity contribution in [1.29, 1.82) is 0 Å². The number of H-pyrrole nitrogens is 1. The van der Waals surface area contributed by atoms with E-state index in [1.54, 1.807) is 4.68 Å². The SMILES string of the molecule is CCCCc1ccc(C(=O)NCCn2cc(CCCCCc3c[nH]c(N)n3)nn2)cc1.Cl. The van der Waals surface area contributed by atoms with E-state index in [1.165, 1.54) is 18.4 Å². The van der Waals surface area contributed by atoms with E-state index in [1.807, 2.05) is 36.7 Å². The largest absolute Gasteiger partial charge is 0.369 e. The Morgan fingerprint density at radius 3 is 2.50 bits per heavy atom. The second-order valence-electron chi connectivity index (χ2n) is 7.87. The van der Waals surface area contributed by atoms with Crippen LogP contribution in [-0.4, -0.2) is 37.4 Å². The van der Waals surface area contributed by atoms with Gasteiger partial charge in [-0.25, -0.2) is 4.98 Å². The zero-order valence-electron chi connectivity index (χ0n) is 18.7. The average molecular weight is 460 g/mol. The van der Waals surface area contributed by atoms with Crippen LogP contribution in [0.15, 0.2) is 36.7 Å². The number of anilines is 1. The first-order valence-electron chi connectivity index (χ1n) is 11.2. The number of hydrogen-bond acceptors (Lipinski definition) is 5. The van der Waals surface area contributed by atoms with Crippen molar-refractivity contribution in [1.82, 2.24) is 30.3 Å². The number of hydrogen-bond donors (Lipinski definition) is 3. The molecule has 1 amide bonds. The number of nitrogens with one attached hydrogen (secondary N) is 2. The summed E-state index contributed by atoms with van der Waals surface area (Å²) in [6.07, 6.45) is 12.3. The van der Waals surface area contributed by atoms with Crippen molar-refractivity contribution in [3.8, 4) is 0 Å². The van der Waals surface area contributed by atoms with E-state index in [4.69, 9.17) is 5.73 Å². The van der Waals surface area contributed by atoms with Gasteiger partial charge in [0.1, 0.15) is 0 Å². The number of carbonyl (C=O) groups is 1. The van der Waals surface area contributed by atoms with Crippen molar-refractivity contribution < 1.29 is 4.79 Å². The van der Waals surface area contributed by atoms with Crippen molar-refractivity contribution in [2.45, 2.75) is 64.8 Å². The average Bonchev–Trinajstić information content (AvgIpc) is 3.41. The maximum atomic E-state index is 12.3. The second-order valence-corrected chi connectivity index (χ2v) is 7.87. The molecule has 0 atom stereocenters. The molecule has 2 aromatic heterocycles. The first kappa shape index (κ1) is 25.4. The van der Waals surface area contributed by atoms with Crippen LogP contribution in [0, 0.1) is 0 Å². The standard InChI is InChI=1S/C23H33N7O.ClH/c1-2-3-7-18-10-12-19(13-11-18)22(31)25-14-15-30-17-21(28-29-30)9-6-4-5-8-20-16-26-23(24)27-20;/h10-13,16-17H,2-9,14-15H2,1H3,(H,25,31)(H3,24,26,27);1H. The molecule has 3 rings (SSSR count). The van der Waals surface area contributed by atoms with Gasteiger partial charge in [-0.05, 0) is 56.2 Å². The number of halogens is 1. The molecule has 0 spiro atoms. The van der Waals surface area contributed by atoms with E-state index in [-0.39, 0.29) is 18.3 Å². The van der Waals surface area contributed by atoms with Crippen LogP contribution in [-0.2, 0) is 25.8 Å². The van der Waals surface area contributed by atoms with Crippen LogP contribution in [0.4, 0.5) is 5.95 Å². The third-order valence-electron chi connectivity index (χ3n) is 5.26. The molecule has 174 valence electrons. The Balaban J connectivity index is 0.00000363. The highest BCUT2D eigenvalue weighted by Crippen LogP contribution is 2.09. The number of nitrogen functional groups attached to an aromatic ring is 1. The molecule has 0 fully saturated rings. The number of imidazole rings is 1. The molecule has 0 aliphatic rings. The Kier molecular flexibility index (Phi) is 10.7. The van der Waals surface area contributed by atoms with Crippen LogP contribution in [0.1, 0.15) is 66.3 Å². The minimum Gasteiger partial charge on any atom is -0.369 e. The maximum absolute atomic E-state index is 12.3. The van der Waals surface area contributed by atoms with Crippen LogP contribution < -0.4 is 11.1 Å². The first-order valence-corrected chi connectivity index (χ1v) is 11.2. The van der Waals surface area contributed by atoms with Gasteiger partial charge in [0.2, 0.25) is 0 Å². The summed E-state index contributed by atoms with van der Waals surface area (Å²) in [7, 11) is 0. The van der Waals surface area contributed by atoms with Gasteiger partial charge in [-0.1, -0.05) is 37.1 Å². The van der Waals surface area contributed by atoms with E-state index in [9.17, 15) is 4.79 Å². The van der Waals surface area contributed by atoms with Crippen molar-refractivity contribution in [3.63, 3.8) is 0 Å². The van der Waals surface area contributed by atoms with Crippen molar-refractivity contribution in [3.05, 3.63) is 59.2 Å². The first-order chi connectivity index (χ1) is 15.1. The van der Waals surface area contributed by atoms with E-state index in [0.717, 1.165) is 49.9 Å². The van der Waals surface area contributed by atoms with E-state index in [0.29, 0.717) is 24.6 Å². The Morgan fingerprint density at radius 2 is 1.81 bits per heavy atom. The fraction of sp³-hybridized carbons (Fsp3) is 0.478. The summed E-state index contributed by atoms with van der Waals surface area (Å²) in [6.45, 7) is 3.31. The number of nitrogens with two attached hydrogens (primary N) is 1. The lowest BCUT2D eigenvalue weighted by Crippen LogP contribution is -2.27.